The first-order chi connectivity index (χ1) is 15.2. The number of aliphatic hydroxyl groups is 1. The SMILES string of the molecule is CC(C)CCC[C@@H](C)[C@H]1CC[C@H]2[C@H]3CC4(OCCO4)[C@H]4C[C@@H](O)CC[C@]4(C)[C@@H]3CC[C@]12C. The average Bonchev–Trinajstić information content (AvgIpc) is 3.34. The van der Waals surface area contributed by atoms with Crippen molar-refractivity contribution in [2.45, 2.75) is 117 Å². The van der Waals surface area contributed by atoms with E-state index in [1.54, 1.807) is 0 Å². The molecule has 0 amide bonds. The van der Waals surface area contributed by atoms with Gasteiger partial charge in [-0.15, -0.1) is 0 Å². The maximum absolute atomic E-state index is 10.6. The van der Waals surface area contributed by atoms with Crippen molar-refractivity contribution in [1.29, 1.82) is 0 Å². The van der Waals surface area contributed by atoms with E-state index in [-0.39, 0.29) is 11.5 Å². The van der Waals surface area contributed by atoms with Gasteiger partial charge in [-0.05, 0) is 91.3 Å². The molecule has 0 bridgehead atoms. The summed E-state index contributed by atoms with van der Waals surface area (Å²) in [7, 11) is 0. The molecule has 1 N–H and O–H groups in total. The highest BCUT2D eigenvalue weighted by Crippen LogP contribution is 2.70. The quantitative estimate of drug-likeness (QED) is 0.503. The lowest BCUT2D eigenvalue weighted by Crippen LogP contribution is -2.63. The summed E-state index contributed by atoms with van der Waals surface area (Å²) < 4.78 is 13.0. The molecule has 4 saturated carbocycles. The van der Waals surface area contributed by atoms with Gasteiger partial charge in [-0.25, -0.2) is 0 Å². The van der Waals surface area contributed by atoms with Crippen LogP contribution in [0.25, 0.3) is 0 Å². The molecule has 0 radical (unpaired) electrons. The van der Waals surface area contributed by atoms with E-state index in [1.807, 2.05) is 0 Å². The van der Waals surface area contributed by atoms with Crippen molar-refractivity contribution >= 4 is 0 Å². The van der Waals surface area contributed by atoms with E-state index in [9.17, 15) is 5.11 Å². The maximum Gasteiger partial charge on any atom is 0.172 e. The van der Waals surface area contributed by atoms with Gasteiger partial charge in [0.05, 0.1) is 19.3 Å². The van der Waals surface area contributed by atoms with Crippen LogP contribution >= 0.6 is 0 Å². The number of aliphatic hydroxyl groups excluding tert-OH is 1. The van der Waals surface area contributed by atoms with Gasteiger partial charge in [0.25, 0.3) is 0 Å². The lowest BCUT2D eigenvalue weighted by Gasteiger charge is -2.65. The molecular weight excluding hydrogens is 396 g/mol. The van der Waals surface area contributed by atoms with E-state index >= 15 is 0 Å². The fraction of sp³-hybridized carbons (Fsp3) is 1.00. The van der Waals surface area contributed by atoms with Crippen molar-refractivity contribution in [1.82, 2.24) is 0 Å². The molecule has 0 aromatic heterocycles. The molecule has 0 aromatic rings. The van der Waals surface area contributed by atoms with E-state index in [1.165, 1.54) is 44.9 Å². The number of hydrogen-bond acceptors (Lipinski definition) is 3. The van der Waals surface area contributed by atoms with Crippen molar-refractivity contribution in [2.24, 2.45) is 52.3 Å². The summed E-state index contributed by atoms with van der Waals surface area (Å²) in [6, 6.07) is 0. The number of hydrogen-bond donors (Lipinski definition) is 1. The first kappa shape index (κ1) is 23.6. The Labute approximate surface area is 197 Å². The minimum Gasteiger partial charge on any atom is -0.393 e. The van der Waals surface area contributed by atoms with Crippen molar-refractivity contribution in [2.75, 3.05) is 13.2 Å². The Balaban J connectivity index is 1.39. The Morgan fingerprint density at radius 1 is 0.875 bits per heavy atom. The van der Waals surface area contributed by atoms with Crippen molar-refractivity contribution in [3.63, 3.8) is 0 Å². The average molecular weight is 447 g/mol. The van der Waals surface area contributed by atoms with Crippen LogP contribution in [0, 0.1) is 52.3 Å². The van der Waals surface area contributed by atoms with Gasteiger partial charge in [-0.1, -0.05) is 53.9 Å². The van der Waals surface area contributed by atoms with E-state index in [4.69, 9.17) is 9.47 Å². The van der Waals surface area contributed by atoms with E-state index in [2.05, 4.69) is 34.6 Å². The van der Waals surface area contributed by atoms with Crippen LogP contribution in [-0.2, 0) is 9.47 Å². The fourth-order valence-electron chi connectivity index (χ4n) is 10.1. The third kappa shape index (κ3) is 3.63. The smallest absolute Gasteiger partial charge is 0.172 e. The van der Waals surface area contributed by atoms with Gasteiger partial charge in [0.2, 0.25) is 0 Å². The summed E-state index contributed by atoms with van der Waals surface area (Å²) in [5, 5.41) is 10.6. The summed E-state index contributed by atoms with van der Waals surface area (Å²) in [6.45, 7) is 14.0. The van der Waals surface area contributed by atoms with Crippen LogP contribution in [0.1, 0.15) is 105 Å². The van der Waals surface area contributed by atoms with Crippen LogP contribution in [-0.4, -0.2) is 30.2 Å². The molecule has 9 atom stereocenters. The molecule has 1 saturated heterocycles. The molecule has 5 rings (SSSR count). The Bertz CT molecular complexity index is 669. The second kappa shape index (κ2) is 8.52. The first-order valence-electron chi connectivity index (χ1n) is 14.2. The van der Waals surface area contributed by atoms with Gasteiger partial charge in [-0.2, -0.15) is 0 Å². The maximum atomic E-state index is 10.6. The van der Waals surface area contributed by atoms with Crippen molar-refractivity contribution in [3.8, 4) is 0 Å². The predicted molar refractivity (Wildman–Crippen MR) is 129 cm³/mol. The second-order valence-corrected chi connectivity index (χ2v) is 13.6. The molecule has 184 valence electrons. The van der Waals surface area contributed by atoms with E-state index < -0.39 is 5.79 Å². The second-order valence-electron chi connectivity index (χ2n) is 13.6. The van der Waals surface area contributed by atoms with Crippen LogP contribution in [0.4, 0.5) is 0 Å². The summed E-state index contributed by atoms with van der Waals surface area (Å²) in [5.74, 6) is 4.86. The summed E-state index contributed by atoms with van der Waals surface area (Å²) in [5.41, 5.74) is 0.754. The summed E-state index contributed by atoms with van der Waals surface area (Å²) in [4.78, 5) is 0. The van der Waals surface area contributed by atoms with Crippen molar-refractivity contribution < 1.29 is 14.6 Å². The Morgan fingerprint density at radius 2 is 1.56 bits per heavy atom. The van der Waals surface area contributed by atoms with Crippen LogP contribution in [0.2, 0.25) is 0 Å². The molecule has 1 heterocycles. The molecule has 4 aliphatic carbocycles. The third-order valence-electron chi connectivity index (χ3n) is 11.6. The van der Waals surface area contributed by atoms with Gasteiger partial charge in [-0.3, -0.25) is 0 Å². The Morgan fingerprint density at radius 3 is 2.28 bits per heavy atom. The van der Waals surface area contributed by atoms with Crippen LogP contribution in [0.5, 0.6) is 0 Å². The van der Waals surface area contributed by atoms with Crippen LogP contribution in [0.3, 0.4) is 0 Å². The third-order valence-corrected chi connectivity index (χ3v) is 11.6. The van der Waals surface area contributed by atoms with E-state index in [0.29, 0.717) is 11.3 Å². The Hall–Kier alpha value is -0.120. The monoisotopic (exact) mass is 446 g/mol. The number of fused-ring (bicyclic) bond motifs is 6. The molecular formula is C29H50O3. The molecule has 5 aliphatic rings. The van der Waals surface area contributed by atoms with Gasteiger partial charge >= 0.3 is 0 Å². The first-order valence-corrected chi connectivity index (χ1v) is 14.2. The van der Waals surface area contributed by atoms with Crippen LogP contribution < -0.4 is 0 Å². The minimum absolute atomic E-state index is 0.175. The topological polar surface area (TPSA) is 38.7 Å². The van der Waals surface area contributed by atoms with Crippen molar-refractivity contribution in [3.05, 3.63) is 0 Å². The largest absolute Gasteiger partial charge is 0.393 e. The minimum atomic E-state index is -0.420. The lowest BCUT2D eigenvalue weighted by atomic mass is 9.43. The molecule has 5 fully saturated rings. The number of ether oxygens (including phenoxy) is 2. The lowest BCUT2D eigenvalue weighted by molar-refractivity contribution is -0.298. The molecule has 3 nitrogen and oxygen atoms in total. The van der Waals surface area contributed by atoms with Gasteiger partial charge < -0.3 is 14.6 Å². The Kier molecular flexibility index (Phi) is 6.29. The molecule has 3 heteroatoms. The summed E-state index contributed by atoms with van der Waals surface area (Å²) >= 11 is 0. The molecule has 1 aliphatic heterocycles. The highest BCUT2D eigenvalue weighted by Gasteiger charge is 2.67. The van der Waals surface area contributed by atoms with E-state index in [0.717, 1.165) is 74.4 Å². The van der Waals surface area contributed by atoms with Crippen LogP contribution in [0.15, 0.2) is 0 Å². The number of rotatable bonds is 5. The standard InChI is InChI=1S/C29H50O3/c1-19(2)7-6-8-20(3)23-9-10-24-22-18-29(31-15-16-32-29)26-17-21(30)11-13-28(26,5)25(22)12-14-27(23,24)4/h19-26,30H,6-18H2,1-5H3/t20-,21+,22-,23-,24+,25-,26+,27-,28-/m1/s1. The van der Waals surface area contributed by atoms with Gasteiger partial charge in [0, 0.05) is 12.3 Å². The van der Waals surface area contributed by atoms with Gasteiger partial charge in [0.1, 0.15) is 0 Å². The highest BCUT2D eigenvalue weighted by molar-refractivity contribution is 5.14. The normalized spacial score (nSPS) is 48.5. The zero-order chi connectivity index (χ0) is 22.7. The molecule has 32 heavy (non-hydrogen) atoms. The zero-order valence-electron chi connectivity index (χ0n) is 21.6. The molecule has 0 aromatic carbocycles. The highest BCUT2D eigenvalue weighted by atomic mass is 16.7. The summed E-state index contributed by atoms with van der Waals surface area (Å²) in [6.07, 6.45) is 13.7. The fourth-order valence-corrected chi connectivity index (χ4v) is 10.1. The van der Waals surface area contributed by atoms with Gasteiger partial charge in [0.15, 0.2) is 5.79 Å². The molecule has 0 unspecified atom stereocenters. The predicted octanol–water partition coefficient (Wildman–Crippen LogP) is 6.82. The molecule has 1 spiro atoms. The zero-order valence-corrected chi connectivity index (χ0v) is 21.6.